The van der Waals surface area contributed by atoms with E-state index in [1.807, 2.05) is 19.1 Å². The van der Waals surface area contributed by atoms with Gasteiger partial charge in [-0.15, -0.1) is 6.58 Å². The van der Waals surface area contributed by atoms with Gasteiger partial charge >= 0.3 is 0 Å². The number of aliphatic hydroxyl groups is 2. The number of hydrogen-bond acceptors (Lipinski definition) is 6. The molecule has 1 aliphatic carbocycles. The molecule has 0 amide bonds. The average Bonchev–Trinajstić information content (AvgIpc) is 3.19. The van der Waals surface area contributed by atoms with Gasteiger partial charge in [-0.2, -0.15) is 0 Å². The average molecular weight is 484 g/mol. The number of nitrogens with zero attached hydrogens (tertiary/aromatic N) is 1. The summed E-state index contributed by atoms with van der Waals surface area (Å²) in [6.07, 6.45) is 5.94. The van der Waals surface area contributed by atoms with E-state index in [9.17, 15) is 4.79 Å². The van der Waals surface area contributed by atoms with Crippen LogP contribution in [0.15, 0.2) is 55.1 Å². The number of ketones is 1. The first-order valence-electron chi connectivity index (χ1n) is 12.3. The molecule has 1 unspecified atom stereocenters. The topological polar surface area (TPSA) is 79.2 Å². The molecule has 2 N–H and O–H groups in total. The highest BCUT2D eigenvalue weighted by molar-refractivity contribution is 6.02. The lowest BCUT2D eigenvalue weighted by atomic mass is 9.85. The lowest BCUT2D eigenvalue weighted by molar-refractivity contribution is 0.0895. The van der Waals surface area contributed by atoms with Crippen molar-refractivity contribution in [2.45, 2.75) is 39.2 Å². The van der Waals surface area contributed by atoms with Gasteiger partial charge in [-0.1, -0.05) is 36.4 Å². The number of methoxy groups -OCH3 is 2. The summed E-state index contributed by atoms with van der Waals surface area (Å²) < 4.78 is 10.8. The van der Waals surface area contributed by atoms with Crippen LogP contribution >= 0.6 is 0 Å². The molecule has 35 heavy (non-hydrogen) atoms. The fourth-order valence-electron chi connectivity index (χ4n) is 4.71. The van der Waals surface area contributed by atoms with E-state index in [4.69, 9.17) is 19.7 Å². The Morgan fingerprint density at radius 1 is 1.03 bits per heavy atom. The SMILES string of the molecule is C=CC.COc1cc2c(cc1OC)C(=O)C(CC1CCN(Cc3ccccc3)CC1)C2.OCCO. The van der Waals surface area contributed by atoms with Crippen molar-refractivity contribution in [3.05, 3.63) is 71.8 Å². The molecule has 1 aliphatic heterocycles. The molecular formula is C29H41NO5. The number of rotatable bonds is 7. The van der Waals surface area contributed by atoms with Gasteiger partial charge in [-0.3, -0.25) is 9.69 Å². The zero-order chi connectivity index (χ0) is 25.6. The molecular weight excluding hydrogens is 442 g/mol. The van der Waals surface area contributed by atoms with Crippen molar-refractivity contribution >= 4 is 5.78 Å². The number of carbonyl (C=O) groups excluding carboxylic acids is 1. The summed E-state index contributed by atoms with van der Waals surface area (Å²) in [6.45, 7) is 8.27. The Balaban J connectivity index is 0.000000551. The van der Waals surface area contributed by atoms with Gasteiger partial charge in [0.15, 0.2) is 17.3 Å². The fourth-order valence-corrected chi connectivity index (χ4v) is 4.71. The van der Waals surface area contributed by atoms with E-state index in [1.165, 1.54) is 18.4 Å². The van der Waals surface area contributed by atoms with E-state index in [2.05, 4.69) is 41.8 Å². The number of hydrogen-bond donors (Lipinski definition) is 2. The van der Waals surface area contributed by atoms with Gasteiger partial charge in [0.2, 0.25) is 0 Å². The van der Waals surface area contributed by atoms with Gasteiger partial charge in [0.05, 0.1) is 27.4 Å². The normalized spacial score (nSPS) is 17.4. The molecule has 6 nitrogen and oxygen atoms in total. The van der Waals surface area contributed by atoms with E-state index in [0.717, 1.165) is 43.6 Å². The van der Waals surface area contributed by atoms with Crippen LogP contribution in [0.4, 0.5) is 0 Å². The Bertz CT molecular complexity index is 905. The first-order chi connectivity index (χ1) is 17.0. The molecule has 0 spiro atoms. The Hall–Kier alpha value is -2.67. The maximum Gasteiger partial charge on any atom is 0.166 e. The second-order valence-electron chi connectivity index (χ2n) is 8.93. The largest absolute Gasteiger partial charge is 0.493 e. The standard InChI is InChI=1S/C24H29NO3.C3H6.C2H6O2/c1-27-22-14-19-13-20(24(26)21(19)15-23(22)28-2)12-17-8-10-25(11-9-17)16-18-6-4-3-5-7-18;1-3-2;3-1-2-4/h3-7,14-15,17,20H,8-13,16H2,1-2H3;3H,1H2,2H3;3-4H,1-2H2. The monoisotopic (exact) mass is 483 g/mol. The number of fused-ring (bicyclic) bond motifs is 1. The molecule has 2 aliphatic rings. The van der Waals surface area contributed by atoms with Crippen molar-refractivity contribution in [2.75, 3.05) is 40.5 Å². The van der Waals surface area contributed by atoms with Gasteiger partial charge in [0.25, 0.3) is 0 Å². The van der Waals surface area contributed by atoms with Crippen LogP contribution < -0.4 is 9.47 Å². The van der Waals surface area contributed by atoms with Crippen molar-refractivity contribution in [2.24, 2.45) is 11.8 Å². The molecule has 0 saturated carbocycles. The van der Waals surface area contributed by atoms with E-state index < -0.39 is 0 Å². The van der Waals surface area contributed by atoms with Gasteiger partial charge < -0.3 is 19.7 Å². The van der Waals surface area contributed by atoms with E-state index >= 15 is 0 Å². The number of likely N-dealkylation sites (tertiary alicyclic amines) is 1. The first-order valence-corrected chi connectivity index (χ1v) is 12.3. The maximum absolute atomic E-state index is 12.9. The zero-order valence-corrected chi connectivity index (χ0v) is 21.4. The van der Waals surface area contributed by atoms with Crippen LogP contribution in [0.25, 0.3) is 0 Å². The summed E-state index contributed by atoms with van der Waals surface area (Å²) in [5.74, 6) is 2.38. The van der Waals surface area contributed by atoms with Crippen molar-refractivity contribution in [3.63, 3.8) is 0 Å². The third kappa shape index (κ3) is 8.49. The molecule has 1 heterocycles. The Labute approximate surface area is 210 Å². The van der Waals surface area contributed by atoms with Crippen LogP contribution in [0, 0.1) is 11.8 Å². The van der Waals surface area contributed by atoms with Crippen molar-refractivity contribution in [3.8, 4) is 11.5 Å². The lowest BCUT2D eigenvalue weighted by Crippen LogP contribution is -2.34. The third-order valence-electron chi connectivity index (χ3n) is 6.39. The van der Waals surface area contributed by atoms with Crippen molar-refractivity contribution in [1.29, 1.82) is 0 Å². The number of carbonyl (C=O) groups is 1. The predicted octanol–water partition coefficient (Wildman–Crippen LogP) is 4.52. The summed E-state index contributed by atoms with van der Waals surface area (Å²) in [4.78, 5) is 15.5. The zero-order valence-electron chi connectivity index (χ0n) is 21.4. The molecule has 192 valence electrons. The van der Waals surface area contributed by atoms with Crippen LogP contribution in [-0.4, -0.2) is 61.4 Å². The number of Topliss-reactive ketones (excluding diaryl/α,β-unsaturated/α-hetero) is 1. The highest BCUT2D eigenvalue weighted by Gasteiger charge is 2.34. The summed E-state index contributed by atoms with van der Waals surface area (Å²) >= 11 is 0. The Kier molecular flexibility index (Phi) is 12.5. The molecule has 4 rings (SSSR count). The minimum atomic E-state index is -0.125. The minimum absolute atomic E-state index is 0.109. The smallest absolute Gasteiger partial charge is 0.166 e. The second kappa shape index (κ2) is 15.4. The number of allylic oxidation sites excluding steroid dienone is 1. The van der Waals surface area contributed by atoms with Crippen LogP contribution in [-0.2, 0) is 13.0 Å². The molecule has 0 aromatic heterocycles. The predicted molar refractivity (Wildman–Crippen MR) is 140 cm³/mol. The summed E-state index contributed by atoms with van der Waals surface area (Å²) in [5.41, 5.74) is 3.31. The van der Waals surface area contributed by atoms with Crippen LogP contribution in [0.5, 0.6) is 11.5 Å². The molecule has 1 saturated heterocycles. The number of benzene rings is 2. The molecule has 1 fully saturated rings. The minimum Gasteiger partial charge on any atom is -0.493 e. The molecule has 0 radical (unpaired) electrons. The summed E-state index contributed by atoms with van der Waals surface area (Å²) in [6, 6.07) is 14.5. The van der Waals surface area contributed by atoms with Gasteiger partial charge in [-0.05, 0) is 74.9 Å². The van der Waals surface area contributed by atoms with Crippen LogP contribution in [0.2, 0.25) is 0 Å². The van der Waals surface area contributed by atoms with Crippen LogP contribution in [0.3, 0.4) is 0 Å². The first kappa shape index (κ1) is 28.6. The van der Waals surface area contributed by atoms with E-state index in [1.54, 1.807) is 20.3 Å². The Morgan fingerprint density at radius 2 is 1.60 bits per heavy atom. The highest BCUT2D eigenvalue weighted by Crippen LogP contribution is 2.39. The summed E-state index contributed by atoms with van der Waals surface area (Å²) in [5, 5.41) is 15.2. The molecule has 0 bridgehead atoms. The quantitative estimate of drug-likeness (QED) is 0.564. The molecule has 2 aromatic rings. The third-order valence-corrected chi connectivity index (χ3v) is 6.39. The van der Waals surface area contributed by atoms with Crippen LogP contribution in [0.1, 0.15) is 47.7 Å². The number of piperidine rings is 1. The van der Waals surface area contributed by atoms with Gasteiger partial charge in [0.1, 0.15) is 0 Å². The van der Waals surface area contributed by atoms with E-state index in [-0.39, 0.29) is 24.9 Å². The molecule has 6 heteroatoms. The number of aliphatic hydroxyl groups excluding tert-OH is 2. The lowest BCUT2D eigenvalue weighted by Gasteiger charge is -2.32. The van der Waals surface area contributed by atoms with Crippen molar-refractivity contribution in [1.82, 2.24) is 4.90 Å². The second-order valence-corrected chi connectivity index (χ2v) is 8.93. The Morgan fingerprint density at radius 3 is 2.14 bits per heavy atom. The van der Waals surface area contributed by atoms with Gasteiger partial charge in [-0.25, -0.2) is 0 Å². The highest BCUT2D eigenvalue weighted by atomic mass is 16.5. The van der Waals surface area contributed by atoms with Gasteiger partial charge in [0, 0.05) is 18.0 Å². The summed E-state index contributed by atoms with van der Waals surface area (Å²) in [7, 11) is 3.26. The molecule has 2 aromatic carbocycles. The van der Waals surface area contributed by atoms with E-state index in [0.29, 0.717) is 17.4 Å². The maximum atomic E-state index is 12.9. The molecule has 1 atom stereocenters. The van der Waals surface area contributed by atoms with Crippen molar-refractivity contribution < 1.29 is 24.5 Å². The number of ether oxygens (including phenoxy) is 2. The fraction of sp³-hybridized carbons (Fsp3) is 0.483.